The molecule has 0 spiro atoms. The Labute approximate surface area is 96.6 Å². The summed E-state index contributed by atoms with van der Waals surface area (Å²) in [5.41, 5.74) is 3.15. The van der Waals surface area contributed by atoms with E-state index in [1.807, 2.05) is 37.3 Å². The Kier molecular flexibility index (Phi) is 4.29. The zero-order valence-electron chi connectivity index (χ0n) is 10.0. The van der Waals surface area contributed by atoms with Crippen LogP contribution in [-0.4, -0.2) is 11.1 Å². The molecule has 0 aliphatic carbocycles. The highest BCUT2D eigenvalue weighted by Crippen LogP contribution is 2.27. The number of carbonyl (C=O) groups is 1. The van der Waals surface area contributed by atoms with Crippen LogP contribution in [0.3, 0.4) is 0 Å². The Morgan fingerprint density at radius 1 is 1.44 bits per heavy atom. The van der Waals surface area contributed by atoms with E-state index in [1.54, 1.807) is 6.92 Å². The first-order chi connectivity index (χ1) is 7.61. The molecule has 0 heterocycles. The molecule has 0 aromatic heterocycles. The van der Waals surface area contributed by atoms with Gasteiger partial charge in [-0.15, -0.1) is 0 Å². The van der Waals surface area contributed by atoms with Crippen molar-refractivity contribution >= 4 is 11.5 Å². The quantitative estimate of drug-likeness (QED) is 0.836. The minimum Gasteiger partial charge on any atom is -0.481 e. The Bertz CT molecular complexity index is 405. The molecule has 1 aromatic rings. The first kappa shape index (κ1) is 12.5. The summed E-state index contributed by atoms with van der Waals surface area (Å²) in [6.45, 7) is 5.79. The summed E-state index contributed by atoms with van der Waals surface area (Å²) in [6.07, 6.45) is 2.97. The molecule has 0 aliphatic rings. The fourth-order valence-electron chi connectivity index (χ4n) is 1.85. The van der Waals surface area contributed by atoms with Crippen LogP contribution in [0.2, 0.25) is 0 Å². The summed E-state index contributed by atoms with van der Waals surface area (Å²) in [5, 5.41) is 9.07. The van der Waals surface area contributed by atoms with Gasteiger partial charge in [0.15, 0.2) is 0 Å². The van der Waals surface area contributed by atoms with Gasteiger partial charge < -0.3 is 5.11 Å². The van der Waals surface area contributed by atoms with Crippen molar-refractivity contribution < 1.29 is 9.90 Å². The van der Waals surface area contributed by atoms with E-state index in [-0.39, 0.29) is 0 Å². The number of carboxylic acid groups (broad SMARTS) is 1. The van der Waals surface area contributed by atoms with Crippen LogP contribution >= 0.6 is 0 Å². The van der Waals surface area contributed by atoms with Crippen LogP contribution in [-0.2, 0) is 4.79 Å². The molecule has 0 radical (unpaired) electrons. The summed E-state index contributed by atoms with van der Waals surface area (Å²) in [5.74, 6) is -1.24. The van der Waals surface area contributed by atoms with Gasteiger partial charge in [0.1, 0.15) is 0 Å². The zero-order valence-corrected chi connectivity index (χ0v) is 10.0. The van der Waals surface area contributed by atoms with Gasteiger partial charge in [-0.2, -0.15) is 0 Å². The third-order valence-corrected chi connectivity index (χ3v) is 2.87. The number of hydrogen-bond donors (Lipinski definition) is 1. The van der Waals surface area contributed by atoms with Crippen molar-refractivity contribution in [3.8, 4) is 0 Å². The van der Waals surface area contributed by atoms with Crippen molar-refractivity contribution in [2.45, 2.75) is 33.1 Å². The van der Waals surface area contributed by atoms with Crippen LogP contribution in [0, 0.1) is 0 Å². The van der Waals surface area contributed by atoms with Gasteiger partial charge in [0.2, 0.25) is 0 Å². The molecule has 1 unspecified atom stereocenters. The molecule has 2 nitrogen and oxygen atoms in total. The van der Waals surface area contributed by atoms with Crippen molar-refractivity contribution in [3.63, 3.8) is 0 Å². The van der Waals surface area contributed by atoms with Gasteiger partial charge in [0.05, 0.1) is 5.92 Å². The largest absolute Gasteiger partial charge is 0.481 e. The van der Waals surface area contributed by atoms with E-state index in [0.717, 1.165) is 17.5 Å². The molecule has 1 rings (SSSR count). The van der Waals surface area contributed by atoms with E-state index < -0.39 is 11.9 Å². The lowest BCUT2D eigenvalue weighted by Gasteiger charge is -2.14. The topological polar surface area (TPSA) is 37.3 Å². The highest BCUT2D eigenvalue weighted by Gasteiger charge is 2.17. The fraction of sp³-hybridized carbons (Fsp3) is 0.357. The number of carboxylic acids is 1. The van der Waals surface area contributed by atoms with Crippen molar-refractivity contribution in [2.75, 3.05) is 0 Å². The molecule has 86 valence electrons. The minimum atomic E-state index is -0.779. The van der Waals surface area contributed by atoms with Gasteiger partial charge in [0, 0.05) is 0 Å². The van der Waals surface area contributed by atoms with E-state index in [4.69, 9.17) is 5.11 Å². The van der Waals surface area contributed by atoms with Crippen LogP contribution in [0.4, 0.5) is 0 Å². The molecular weight excluding hydrogens is 200 g/mol. The average molecular weight is 218 g/mol. The second-order valence-electron chi connectivity index (χ2n) is 3.81. The van der Waals surface area contributed by atoms with Gasteiger partial charge in [-0.3, -0.25) is 4.79 Å². The molecule has 0 fully saturated rings. The summed E-state index contributed by atoms with van der Waals surface area (Å²) >= 11 is 0. The second kappa shape index (κ2) is 5.50. The van der Waals surface area contributed by atoms with Crippen molar-refractivity contribution in [1.82, 2.24) is 0 Å². The first-order valence-corrected chi connectivity index (χ1v) is 5.59. The van der Waals surface area contributed by atoms with E-state index in [9.17, 15) is 4.79 Å². The van der Waals surface area contributed by atoms with Crippen LogP contribution in [0.1, 0.15) is 44.2 Å². The lowest BCUT2D eigenvalue weighted by Crippen LogP contribution is -2.09. The average Bonchev–Trinajstić information content (AvgIpc) is 2.30. The van der Waals surface area contributed by atoms with Gasteiger partial charge in [0.25, 0.3) is 0 Å². The predicted octanol–water partition coefficient (Wildman–Crippen LogP) is 3.69. The molecule has 2 heteroatoms. The molecule has 0 saturated heterocycles. The maximum Gasteiger partial charge on any atom is 0.310 e. The van der Waals surface area contributed by atoms with Crippen molar-refractivity contribution in [2.24, 2.45) is 0 Å². The summed E-state index contributed by atoms with van der Waals surface area (Å²) < 4.78 is 0. The van der Waals surface area contributed by atoms with Gasteiger partial charge in [-0.1, -0.05) is 37.3 Å². The SMILES string of the molecule is CC=C(CC)c1ccccc1C(C)C(=O)O. The fourth-order valence-corrected chi connectivity index (χ4v) is 1.85. The zero-order chi connectivity index (χ0) is 12.1. The smallest absolute Gasteiger partial charge is 0.310 e. The third kappa shape index (κ3) is 2.51. The summed E-state index contributed by atoms with van der Waals surface area (Å²) in [6, 6.07) is 7.73. The molecule has 0 aliphatic heterocycles. The van der Waals surface area contributed by atoms with Crippen molar-refractivity contribution in [1.29, 1.82) is 0 Å². The number of rotatable bonds is 4. The summed E-state index contributed by atoms with van der Waals surface area (Å²) in [4.78, 5) is 11.0. The highest BCUT2D eigenvalue weighted by atomic mass is 16.4. The second-order valence-corrected chi connectivity index (χ2v) is 3.81. The Morgan fingerprint density at radius 2 is 2.06 bits per heavy atom. The summed E-state index contributed by atoms with van der Waals surface area (Å²) in [7, 11) is 0. The monoisotopic (exact) mass is 218 g/mol. The molecule has 1 atom stereocenters. The van der Waals surface area contributed by atoms with Crippen LogP contribution in [0.5, 0.6) is 0 Å². The maximum atomic E-state index is 11.0. The lowest BCUT2D eigenvalue weighted by molar-refractivity contribution is -0.138. The molecule has 16 heavy (non-hydrogen) atoms. The van der Waals surface area contributed by atoms with Crippen LogP contribution in [0.15, 0.2) is 30.3 Å². The third-order valence-electron chi connectivity index (χ3n) is 2.87. The van der Waals surface area contributed by atoms with Crippen LogP contribution < -0.4 is 0 Å². The minimum absolute atomic E-state index is 0.460. The Hall–Kier alpha value is -1.57. The lowest BCUT2D eigenvalue weighted by atomic mass is 9.90. The number of allylic oxidation sites excluding steroid dienone is 2. The molecule has 1 N–H and O–H groups in total. The van der Waals surface area contributed by atoms with E-state index in [2.05, 4.69) is 6.92 Å². The predicted molar refractivity (Wildman–Crippen MR) is 66.4 cm³/mol. The van der Waals surface area contributed by atoms with Gasteiger partial charge in [-0.25, -0.2) is 0 Å². The Morgan fingerprint density at radius 3 is 2.56 bits per heavy atom. The molecule has 0 saturated carbocycles. The molecule has 0 bridgehead atoms. The molecular formula is C14H18O2. The van der Waals surface area contributed by atoms with Gasteiger partial charge >= 0.3 is 5.97 Å². The number of aliphatic carboxylic acids is 1. The normalized spacial score (nSPS) is 13.6. The standard InChI is InChI=1S/C14H18O2/c1-4-11(5-2)13-9-7-6-8-12(13)10(3)14(15)16/h4,6-10H,5H2,1-3H3,(H,15,16). The van der Waals surface area contributed by atoms with E-state index >= 15 is 0 Å². The number of hydrogen-bond acceptors (Lipinski definition) is 1. The molecule has 0 amide bonds. The molecule has 1 aromatic carbocycles. The van der Waals surface area contributed by atoms with Gasteiger partial charge in [-0.05, 0) is 37.0 Å². The first-order valence-electron chi connectivity index (χ1n) is 5.59. The Balaban J connectivity index is 3.25. The van der Waals surface area contributed by atoms with Crippen LogP contribution in [0.25, 0.3) is 5.57 Å². The highest BCUT2D eigenvalue weighted by molar-refractivity contribution is 5.79. The van der Waals surface area contributed by atoms with E-state index in [1.165, 1.54) is 5.57 Å². The number of benzene rings is 1. The van der Waals surface area contributed by atoms with Crippen molar-refractivity contribution in [3.05, 3.63) is 41.5 Å². The maximum absolute atomic E-state index is 11.0. The van der Waals surface area contributed by atoms with E-state index in [0.29, 0.717) is 0 Å².